The maximum Gasteiger partial charge on any atom is 0.243 e. The molecule has 0 aromatic heterocycles. The van der Waals surface area contributed by atoms with Gasteiger partial charge in [-0.2, -0.15) is 4.31 Å². The summed E-state index contributed by atoms with van der Waals surface area (Å²) >= 11 is 0. The van der Waals surface area contributed by atoms with Crippen molar-refractivity contribution in [2.45, 2.75) is 50.0 Å². The van der Waals surface area contributed by atoms with Crippen LogP contribution < -0.4 is 0 Å². The van der Waals surface area contributed by atoms with Gasteiger partial charge in [0.25, 0.3) is 0 Å². The molecule has 1 aliphatic heterocycles. The zero-order valence-electron chi connectivity index (χ0n) is 19.4. The topological polar surface area (TPSA) is 49.9 Å². The number of hydrogen-bond donors (Lipinski definition) is 0. The third-order valence-corrected chi connectivity index (χ3v) is 8.85. The van der Waals surface area contributed by atoms with E-state index in [1.165, 1.54) is 22.3 Å². The number of rotatable bonds is 9. The maximum atomic E-state index is 13.2. The highest BCUT2D eigenvalue weighted by atomic mass is 32.2. The Bertz CT molecular complexity index is 996. The lowest BCUT2D eigenvalue weighted by molar-refractivity contribution is 0.158. The molecule has 0 unspecified atom stereocenters. The summed E-state index contributed by atoms with van der Waals surface area (Å²) in [6.07, 6.45) is 6.08. The van der Waals surface area contributed by atoms with Gasteiger partial charge >= 0.3 is 0 Å². The minimum Gasteiger partial charge on any atom is -0.383 e. The van der Waals surface area contributed by atoms with Crippen LogP contribution in [0.1, 0.15) is 41.5 Å². The molecular weight excluding hydrogens is 420 g/mol. The smallest absolute Gasteiger partial charge is 0.243 e. The number of ether oxygens (including phenoxy) is 1. The van der Waals surface area contributed by atoms with Gasteiger partial charge in [0.05, 0.1) is 11.5 Å². The molecule has 0 amide bonds. The Hall–Kier alpha value is -1.73. The van der Waals surface area contributed by atoms with E-state index in [9.17, 15) is 8.42 Å². The molecule has 0 N–H and O–H groups in total. The summed E-state index contributed by atoms with van der Waals surface area (Å²) in [5.41, 5.74) is 5.18. The lowest BCUT2D eigenvalue weighted by atomic mass is 9.91. The largest absolute Gasteiger partial charge is 0.383 e. The van der Waals surface area contributed by atoms with Crippen LogP contribution in [0.25, 0.3) is 0 Å². The van der Waals surface area contributed by atoms with Crippen LogP contribution in [-0.4, -0.2) is 58.0 Å². The summed E-state index contributed by atoms with van der Waals surface area (Å²) < 4.78 is 33.2. The van der Waals surface area contributed by atoms with E-state index in [0.717, 1.165) is 58.2 Å². The van der Waals surface area contributed by atoms with Gasteiger partial charge in [0.2, 0.25) is 10.0 Å². The van der Waals surface area contributed by atoms with Crippen molar-refractivity contribution < 1.29 is 13.2 Å². The molecule has 4 rings (SSSR count). The van der Waals surface area contributed by atoms with Gasteiger partial charge in [0.15, 0.2) is 0 Å². The second-order valence-electron chi connectivity index (χ2n) is 9.38. The summed E-state index contributed by atoms with van der Waals surface area (Å²) in [6.45, 7) is 3.82. The van der Waals surface area contributed by atoms with Crippen LogP contribution in [-0.2, 0) is 40.6 Å². The van der Waals surface area contributed by atoms with Gasteiger partial charge < -0.3 is 4.74 Å². The van der Waals surface area contributed by atoms with Crippen molar-refractivity contribution in [3.63, 3.8) is 0 Å². The summed E-state index contributed by atoms with van der Waals surface area (Å²) in [7, 11) is 0.456. The van der Waals surface area contributed by atoms with Gasteiger partial charge in [0.1, 0.15) is 0 Å². The number of likely N-dealkylation sites (N-methyl/N-ethyl adjacent to an activating group) is 1. The van der Waals surface area contributed by atoms with Crippen molar-refractivity contribution in [3.8, 4) is 0 Å². The van der Waals surface area contributed by atoms with E-state index < -0.39 is 10.0 Å². The predicted molar refractivity (Wildman–Crippen MR) is 128 cm³/mol. The molecule has 32 heavy (non-hydrogen) atoms. The van der Waals surface area contributed by atoms with Crippen molar-refractivity contribution in [2.24, 2.45) is 5.92 Å². The quantitative estimate of drug-likeness (QED) is 0.574. The molecule has 1 saturated heterocycles. The van der Waals surface area contributed by atoms with Gasteiger partial charge in [0, 0.05) is 33.3 Å². The first kappa shape index (κ1) is 23.4. The second kappa shape index (κ2) is 10.5. The maximum absolute atomic E-state index is 13.2. The number of fused-ring (bicyclic) bond motifs is 1. The average Bonchev–Trinajstić information content (AvgIpc) is 3.27. The highest BCUT2D eigenvalue weighted by Crippen LogP contribution is 2.29. The summed E-state index contributed by atoms with van der Waals surface area (Å²) in [5, 5.41) is 0. The zero-order chi connectivity index (χ0) is 22.6. The molecule has 0 bridgehead atoms. The molecule has 1 fully saturated rings. The second-order valence-corrected chi connectivity index (χ2v) is 11.3. The Morgan fingerprint density at radius 1 is 1.00 bits per heavy atom. The van der Waals surface area contributed by atoms with Crippen LogP contribution in [0.4, 0.5) is 0 Å². The van der Waals surface area contributed by atoms with Crippen molar-refractivity contribution in [1.82, 2.24) is 9.21 Å². The van der Waals surface area contributed by atoms with Crippen molar-refractivity contribution in [2.75, 3.05) is 40.4 Å². The minimum absolute atomic E-state index is 0.475. The highest BCUT2D eigenvalue weighted by molar-refractivity contribution is 7.89. The highest BCUT2D eigenvalue weighted by Gasteiger charge is 2.30. The Morgan fingerprint density at radius 3 is 2.41 bits per heavy atom. The van der Waals surface area contributed by atoms with Crippen LogP contribution in [0.5, 0.6) is 0 Å². The average molecular weight is 457 g/mol. The molecule has 5 nitrogen and oxygen atoms in total. The van der Waals surface area contributed by atoms with Crippen LogP contribution in [0, 0.1) is 5.92 Å². The van der Waals surface area contributed by atoms with Crippen LogP contribution >= 0.6 is 0 Å². The van der Waals surface area contributed by atoms with E-state index >= 15 is 0 Å². The fourth-order valence-electron chi connectivity index (χ4n) is 4.96. The van der Waals surface area contributed by atoms with Gasteiger partial charge in [-0.1, -0.05) is 30.3 Å². The number of sulfonamides is 1. The first-order valence-electron chi connectivity index (χ1n) is 11.8. The van der Waals surface area contributed by atoms with Gasteiger partial charge in [-0.15, -0.1) is 0 Å². The molecule has 2 aromatic rings. The Balaban J connectivity index is 1.29. The van der Waals surface area contributed by atoms with E-state index in [0.29, 0.717) is 23.9 Å². The molecule has 0 spiro atoms. The summed E-state index contributed by atoms with van der Waals surface area (Å²) in [6, 6.07) is 14.6. The molecule has 2 aromatic carbocycles. The number of methoxy groups -OCH3 is 1. The third kappa shape index (κ3) is 5.60. The molecule has 1 aliphatic carbocycles. The van der Waals surface area contributed by atoms with Crippen molar-refractivity contribution in [1.29, 1.82) is 0 Å². The number of aryl methyl sites for hydroxylation is 2. The number of nitrogens with zero attached hydrogens (tertiary/aromatic N) is 2. The predicted octanol–water partition coefficient (Wildman–Crippen LogP) is 3.90. The third-order valence-electron chi connectivity index (χ3n) is 6.96. The van der Waals surface area contributed by atoms with E-state index in [1.54, 1.807) is 17.5 Å². The lowest BCUT2D eigenvalue weighted by Crippen LogP contribution is -2.38. The molecule has 2 aliphatic rings. The molecule has 0 radical (unpaired) electrons. The summed E-state index contributed by atoms with van der Waals surface area (Å²) in [4.78, 5) is 2.73. The number of benzene rings is 2. The summed E-state index contributed by atoms with van der Waals surface area (Å²) in [5.74, 6) is 0.539. The fourth-order valence-corrected chi connectivity index (χ4v) is 6.48. The molecule has 6 heteroatoms. The molecule has 0 saturated carbocycles. The van der Waals surface area contributed by atoms with Crippen LogP contribution in [0.3, 0.4) is 0 Å². The van der Waals surface area contributed by atoms with Crippen molar-refractivity contribution in [3.05, 3.63) is 64.7 Å². The Morgan fingerprint density at radius 2 is 1.69 bits per heavy atom. The van der Waals surface area contributed by atoms with E-state index in [-0.39, 0.29) is 0 Å². The normalized spacial score (nSPS) is 17.7. The molecule has 0 atom stereocenters. The first-order valence-corrected chi connectivity index (χ1v) is 13.3. The minimum atomic E-state index is -3.38. The number of piperidine rings is 1. The molecular formula is C26H36N2O3S. The van der Waals surface area contributed by atoms with Crippen LogP contribution in [0.15, 0.2) is 47.4 Å². The van der Waals surface area contributed by atoms with E-state index in [1.807, 2.05) is 12.1 Å². The molecule has 174 valence electrons. The zero-order valence-corrected chi connectivity index (χ0v) is 20.2. The SMILES string of the molecule is COCCN(C)Cc1ccc(CC2CCN(S(=O)(=O)c3ccc4c(c3)CCC4)CC2)cc1. The van der Waals surface area contributed by atoms with Gasteiger partial charge in [-0.3, -0.25) is 4.90 Å². The lowest BCUT2D eigenvalue weighted by Gasteiger charge is -2.31. The van der Waals surface area contributed by atoms with Crippen molar-refractivity contribution >= 4 is 10.0 Å². The number of hydrogen-bond acceptors (Lipinski definition) is 4. The van der Waals surface area contributed by atoms with Crippen LogP contribution in [0.2, 0.25) is 0 Å². The fraction of sp³-hybridized carbons (Fsp3) is 0.538. The van der Waals surface area contributed by atoms with Gasteiger partial charge in [-0.05, 0) is 85.9 Å². The molecule has 1 heterocycles. The van der Waals surface area contributed by atoms with E-state index in [4.69, 9.17) is 4.74 Å². The van der Waals surface area contributed by atoms with E-state index in [2.05, 4.69) is 36.2 Å². The van der Waals surface area contributed by atoms with Gasteiger partial charge in [-0.25, -0.2) is 8.42 Å². The standard InChI is InChI=1S/C26H36N2O3S/c1-27(16-17-31-2)20-23-8-6-21(7-9-23)18-22-12-14-28(15-13-22)32(29,30)26-11-10-24-4-3-5-25(24)19-26/h6-11,19,22H,3-5,12-18,20H2,1-2H3. The Kier molecular flexibility index (Phi) is 7.66. The Labute approximate surface area is 193 Å². The monoisotopic (exact) mass is 456 g/mol. The first-order chi connectivity index (χ1) is 15.5.